The van der Waals surface area contributed by atoms with Crippen molar-refractivity contribution >= 4 is 17.7 Å². The lowest BCUT2D eigenvalue weighted by Crippen LogP contribution is -2.36. The number of hydrogen-bond donors (Lipinski definition) is 1. The number of hydrogen-bond acceptors (Lipinski definition) is 4. The Balaban J connectivity index is 2.02. The standard InChI is InChI=1S/C12H15NO2S/c1-15-11(14)12-2-3-16-10(12)4-8-6-13-7-9(8)5-12/h4,6,9,13H,2-3,5,7H2,1H3. The van der Waals surface area contributed by atoms with Crippen molar-refractivity contribution in [2.45, 2.75) is 12.8 Å². The van der Waals surface area contributed by atoms with Crippen LogP contribution in [0, 0.1) is 11.3 Å². The zero-order valence-electron chi connectivity index (χ0n) is 9.29. The number of thioether (sulfide) groups is 1. The van der Waals surface area contributed by atoms with Gasteiger partial charge in [0, 0.05) is 23.6 Å². The molecule has 2 aliphatic heterocycles. The third-order valence-electron chi connectivity index (χ3n) is 3.83. The van der Waals surface area contributed by atoms with Crippen LogP contribution < -0.4 is 5.32 Å². The van der Waals surface area contributed by atoms with Crippen LogP contribution in [0.3, 0.4) is 0 Å². The lowest BCUT2D eigenvalue weighted by atomic mass is 9.71. The van der Waals surface area contributed by atoms with Crippen LogP contribution in [0.1, 0.15) is 12.8 Å². The normalized spacial score (nSPS) is 35.7. The van der Waals surface area contributed by atoms with E-state index in [4.69, 9.17) is 4.74 Å². The number of allylic oxidation sites excluding steroid dienone is 1. The Kier molecular flexibility index (Phi) is 2.28. The highest BCUT2D eigenvalue weighted by Crippen LogP contribution is 2.55. The molecule has 1 aliphatic carbocycles. The maximum atomic E-state index is 12.0. The first-order valence-corrected chi connectivity index (χ1v) is 6.62. The van der Waals surface area contributed by atoms with E-state index < -0.39 is 0 Å². The lowest BCUT2D eigenvalue weighted by molar-refractivity contribution is -0.150. The Labute approximate surface area is 99.3 Å². The summed E-state index contributed by atoms with van der Waals surface area (Å²) in [5.74, 6) is 1.48. The molecule has 3 rings (SSSR count). The van der Waals surface area contributed by atoms with Gasteiger partial charge in [0.1, 0.15) is 5.41 Å². The van der Waals surface area contributed by atoms with Gasteiger partial charge in [0.15, 0.2) is 0 Å². The number of carbonyl (C=O) groups is 1. The molecule has 2 unspecified atom stereocenters. The van der Waals surface area contributed by atoms with Gasteiger partial charge in [-0.1, -0.05) is 0 Å². The number of fused-ring (bicyclic) bond motifs is 2. The summed E-state index contributed by atoms with van der Waals surface area (Å²) in [6.07, 6.45) is 6.12. The summed E-state index contributed by atoms with van der Waals surface area (Å²) in [7, 11) is 1.50. The molecule has 2 heterocycles. The first-order chi connectivity index (χ1) is 7.76. The van der Waals surface area contributed by atoms with Crippen LogP contribution in [0.4, 0.5) is 0 Å². The summed E-state index contributed by atoms with van der Waals surface area (Å²) < 4.78 is 5.01. The highest BCUT2D eigenvalue weighted by Gasteiger charge is 2.51. The fourth-order valence-electron chi connectivity index (χ4n) is 2.94. The topological polar surface area (TPSA) is 38.3 Å². The van der Waals surface area contributed by atoms with Gasteiger partial charge in [0.25, 0.3) is 0 Å². The third kappa shape index (κ3) is 1.25. The van der Waals surface area contributed by atoms with Crippen molar-refractivity contribution in [3.8, 4) is 0 Å². The van der Waals surface area contributed by atoms with E-state index in [1.54, 1.807) is 0 Å². The highest BCUT2D eigenvalue weighted by atomic mass is 32.2. The third-order valence-corrected chi connectivity index (χ3v) is 5.06. The van der Waals surface area contributed by atoms with Crippen molar-refractivity contribution in [1.82, 2.24) is 5.32 Å². The average Bonchev–Trinajstić information content (AvgIpc) is 2.89. The van der Waals surface area contributed by atoms with Crippen LogP contribution in [0.5, 0.6) is 0 Å². The average molecular weight is 237 g/mol. The predicted molar refractivity (Wildman–Crippen MR) is 63.8 cm³/mol. The second-order valence-corrected chi connectivity index (χ2v) is 5.77. The van der Waals surface area contributed by atoms with Crippen LogP contribution in [-0.2, 0) is 9.53 Å². The Morgan fingerprint density at radius 1 is 1.69 bits per heavy atom. The summed E-state index contributed by atoms with van der Waals surface area (Å²) in [5.41, 5.74) is 1.02. The molecule has 86 valence electrons. The number of nitrogens with one attached hydrogen (secondary N) is 1. The molecule has 0 radical (unpaired) electrons. The smallest absolute Gasteiger partial charge is 0.316 e. The molecule has 16 heavy (non-hydrogen) atoms. The van der Waals surface area contributed by atoms with E-state index in [1.165, 1.54) is 17.6 Å². The molecular weight excluding hydrogens is 222 g/mol. The Hall–Kier alpha value is -0.900. The van der Waals surface area contributed by atoms with Crippen LogP contribution in [0.25, 0.3) is 0 Å². The van der Waals surface area contributed by atoms with Crippen LogP contribution in [0.15, 0.2) is 22.8 Å². The van der Waals surface area contributed by atoms with E-state index in [-0.39, 0.29) is 11.4 Å². The second kappa shape index (κ2) is 3.55. The fraction of sp³-hybridized carbons (Fsp3) is 0.583. The summed E-state index contributed by atoms with van der Waals surface area (Å²) in [5, 5.41) is 3.26. The molecule has 0 saturated carbocycles. The first-order valence-electron chi connectivity index (χ1n) is 5.63. The second-order valence-electron chi connectivity index (χ2n) is 4.63. The van der Waals surface area contributed by atoms with Gasteiger partial charge in [-0.15, -0.1) is 11.8 Å². The molecule has 0 aromatic heterocycles. The lowest BCUT2D eigenvalue weighted by Gasteiger charge is -2.34. The van der Waals surface area contributed by atoms with Crippen molar-refractivity contribution in [2.75, 3.05) is 19.4 Å². The monoisotopic (exact) mass is 237 g/mol. The van der Waals surface area contributed by atoms with E-state index >= 15 is 0 Å². The Morgan fingerprint density at radius 2 is 2.56 bits per heavy atom. The summed E-state index contributed by atoms with van der Waals surface area (Å²) in [6, 6.07) is 0. The summed E-state index contributed by atoms with van der Waals surface area (Å²) >= 11 is 1.81. The van der Waals surface area contributed by atoms with Gasteiger partial charge >= 0.3 is 5.97 Å². The van der Waals surface area contributed by atoms with E-state index in [0.717, 1.165) is 25.1 Å². The summed E-state index contributed by atoms with van der Waals surface area (Å²) in [4.78, 5) is 13.3. The minimum atomic E-state index is -0.326. The minimum Gasteiger partial charge on any atom is -0.468 e. The molecule has 4 heteroatoms. The molecule has 0 bridgehead atoms. The van der Waals surface area contributed by atoms with E-state index in [2.05, 4.69) is 17.6 Å². The molecule has 3 aliphatic rings. The molecule has 1 saturated heterocycles. The Morgan fingerprint density at radius 3 is 3.38 bits per heavy atom. The zero-order chi connectivity index (χ0) is 11.2. The van der Waals surface area contributed by atoms with E-state index in [1.807, 2.05) is 11.8 Å². The van der Waals surface area contributed by atoms with Crippen molar-refractivity contribution in [3.05, 3.63) is 22.8 Å². The Bertz CT molecular complexity index is 402. The van der Waals surface area contributed by atoms with Crippen LogP contribution in [0.2, 0.25) is 0 Å². The fourth-order valence-corrected chi connectivity index (χ4v) is 4.37. The maximum absolute atomic E-state index is 12.0. The number of rotatable bonds is 1. The number of esters is 1. The number of carbonyl (C=O) groups excluding carboxylic acids is 1. The minimum absolute atomic E-state index is 0.0466. The van der Waals surface area contributed by atoms with Crippen LogP contribution >= 0.6 is 11.8 Å². The van der Waals surface area contributed by atoms with Gasteiger partial charge in [0.2, 0.25) is 0 Å². The van der Waals surface area contributed by atoms with Gasteiger partial charge in [-0.25, -0.2) is 0 Å². The van der Waals surface area contributed by atoms with Crippen molar-refractivity contribution < 1.29 is 9.53 Å². The van der Waals surface area contributed by atoms with Gasteiger partial charge in [-0.3, -0.25) is 4.79 Å². The first kappa shape index (κ1) is 10.3. The molecule has 0 spiro atoms. The van der Waals surface area contributed by atoms with Crippen LogP contribution in [-0.4, -0.2) is 25.4 Å². The predicted octanol–water partition coefficient (Wildman–Crippen LogP) is 1.67. The van der Waals surface area contributed by atoms with Gasteiger partial charge < -0.3 is 10.1 Å². The van der Waals surface area contributed by atoms with Gasteiger partial charge in [-0.2, -0.15) is 0 Å². The molecule has 1 N–H and O–H groups in total. The highest BCUT2D eigenvalue weighted by molar-refractivity contribution is 8.03. The van der Waals surface area contributed by atoms with Gasteiger partial charge in [-0.05, 0) is 30.2 Å². The molecule has 1 fully saturated rings. The molecular formula is C12H15NO2S. The van der Waals surface area contributed by atoms with E-state index in [9.17, 15) is 4.79 Å². The molecule has 0 aromatic carbocycles. The quantitative estimate of drug-likeness (QED) is 0.704. The maximum Gasteiger partial charge on any atom is 0.316 e. The number of ether oxygens (including phenoxy) is 1. The van der Waals surface area contributed by atoms with E-state index in [0.29, 0.717) is 5.92 Å². The van der Waals surface area contributed by atoms with Crippen molar-refractivity contribution in [3.63, 3.8) is 0 Å². The molecule has 0 aromatic rings. The molecule has 3 nitrogen and oxygen atoms in total. The number of methoxy groups -OCH3 is 1. The van der Waals surface area contributed by atoms with Crippen molar-refractivity contribution in [2.24, 2.45) is 11.3 Å². The molecule has 0 amide bonds. The van der Waals surface area contributed by atoms with Gasteiger partial charge in [0.05, 0.1) is 7.11 Å². The SMILES string of the molecule is COC(=O)C12CCSC1=CC1=CNCC1C2. The summed E-state index contributed by atoms with van der Waals surface area (Å²) in [6.45, 7) is 0.961. The molecule has 2 atom stereocenters. The van der Waals surface area contributed by atoms with Crippen molar-refractivity contribution in [1.29, 1.82) is 0 Å². The largest absolute Gasteiger partial charge is 0.468 e. The zero-order valence-corrected chi connectivity index (χ0v) is 10.1.